The van der Waals surface area contributed by atoms with E-state index in [4.69, 9.17) is 10.5 Å². The largest absolute Gasteiger partial charge is 0.369 e. The number of aromatic amines is 1. The Bertz CT molecular complexity index is 1180. The SMILES string of the molecule is Cc1cccc(-c2nc(N)[nH]c2-c2ccc3c(c2)c(C)cn3C2CCCCO2)n1. The molecule has 4 heterocycles. The zero-order chi connectivity index (χ0) is 20.0. The second-order valence-electron chi connectivity index (χ2n) is 7.78. The van der Waals surface area contributed by atoms with Gasteiger partial charge in [-0.3, -0.25) is 4.98 Å². The minimum Gasteiger partial charge on any atom is -0.369 e. The number of nitrogens with two attached hydrogens (primary N) is 1. The van der Waals surface area contributed by atoms with E-state index in [0.29, 0.717) is 5.95 Å². The average molecular weight is 387 g/mol. The molecule has 1 aliphatic heterocycles. The molecule has 29 heavy (non-hydrogen) atoms. The highest BCUT2D eigenvalue weighted by Gasteiger charge is 2.20. The van der Waals surface area contributed by atoms with Crippen LogP contribution in [0.1, 0.15) is 36.7 Å². The number of rotatable bonds is 3. The number of benzene rings is 1. The molecule has 0 aliphatic carbocycles. The topological polar surface area (TPSA) is 81.8 Å². The van der Waals surface area contributed by atoms with Gasteiger partial charge in [0.15, 0.2) is 5.95 Å². The van der Waals surface area contributed by atoms with Crippen molar-refractivity contribution < 1.29 is 4.74 Å². The first-order valence-electron chi connectivity index (χ1n) is 10.1. The monoisotopic (exact) mass is 387 g/mol. The molecule has 1 unspecified atom stereocenters. The van der Waals surface area contributed by atoms with Gasteiger partial charge < -0.3 is 20.0 Å². The van der Waals surface area contributed by atoms with Crippen molar-refractivity contribution in [2.24, 2.45) is 0 Å². The number of aryl methyl sites for hydroxylation is 2. The summed E-state index contributed by atoms with van der Waals surface area (Å²) in [5.74, 6) is 0.392. The van der Waals surface area contributed by atoms with Gasteiger partial charge in [-0.25, -0.2) is 4.98 Å². The molecule has 148 valence electrons. The zero-order valence-electron chi connectivity index (χ0n) is 16.8. The molecule has 0 amide bonds. The van der Waals surface area contributed by atoms with Gasteiger partial charge in [0.2, 0.25) is 0 Å². The molecule has 1 saturated heterocycles. The molecule has 0 spiro atoms. The molecule has 3 N–H and O–H groups in total. The number of nitrogen functional groups attached to an aromatic ring is 1. The lowest BCUT2D eigenvalue weighted by Crippen LogP contribution is -2.17. The summed E-state index contributed by atoms with van der Waals surface area (Å²) in [6.45, 7) is 4.96. The number of hydrogen-bond donors (Lipinski definition) is 2. The van der Waals surface area contributed by atoms with Gasteiger partial charge in [0.05, 0.1) is 16.9 Å². The third-order valence-electron chi connectivity index (χ3n) is 5.64. The molecule has 1 fully saturated rings. The van der Waals surface area contributed by atoms with Crippen LogP contribution in [0.5, 0.6) is 0 Å². The summed E-state index contributed by atoms with van der Waals surface area (Å²) in [6, 6.07) is 12.4. The van der Waals surface area contributed by atoms with Crippen molar-refractivity contribution in [3.8, 4) is 22.6 Å². The lowest BCUT2D eigenvalue weighted by molar-refractivity contribution is -0.0292. The Balaban J connectivity index is 1.61. The summed E-state index contributed by atoms with van der Waals surface area (Å²) in [5.41, 5.74) is 12.9. The number of fused-ring (bicyclic) bond motifs is 1. The van der Waals surface area contributed by atoms with Crippen molar-refractivity contribution in [3.05, 3.63) is 53.9 Å². The summed E-state index contributed by atoms with van der Waals surface area (Å²) in [4.78, 5) is 12.4. The van der Waals surface area contributed by atoms with Gasteiger partial charge in [0.25, 0.3) is 0 Å². The number of hydrogen-bond acceptors (Lipinski definition) is 4. The molecular formula is C23H25N5O. The Hall–Kier alpha value is -3.12. The van der Waals surface area contributed by atoms with Gasteiger partial charge in [-0.15, -0.1) is 0 Å². The molecule has 1 atom stereocenters. The molecule has 0 saturated carbocycles. The summed E-state index contributed by atoms with van der Waals surface area (Å²) in [5, 5.41) is 1.22. The second-order valence-corrected chi connectivity index (χ2v) is 7.78. The van der Waals surface area contributed by atoms with Crippen LogP contribution in [0, 0.1) is 13.8 Å². The molecule has 5 rings (SSSR count). The lowest BCUT2D eigenvalue weighted by Gasteiger charge is -2.24. The Morgan fingerprint density at radius 2 is 2.03 bits per heavy atom. The van der Waals surface area contributed by atoms with Crippen molar-refractivity contribution in [3.63, 3.8) is 0 Å². The number of H-pyrrole nitrogens is 1. The number of nitrogens with zero attached hydrogens (tertiary/aromatic N) is 3. The highest BCUT2D eigenvalue weighted by atomic mass is 16.5. The third-order valence-corrected chi connectivity index (χ3v) is 5.64. The number of pyridine rings is 1. The molecular weight excluding hydrogens is 362 g/mol. The Labute approximate surface area is 169 Å². The van der Waals surface area contributed by atoms with Gasteiger partial charge in [-0.05, 0) is 62.9 Å². The summed E-state index contributed by atoms with van der Waals surface area (Å²) >= 11 is 0. The van der Waals surface area contributed by atoms with Crippen LogP contribution in [-0.4, -0.2) is 26.1 Å². The Kier molecular flexibility index (Phi) is 4.36. The zero-order valence-corrected chi connectivity index (χ0v) is 16.8. The predicted octanol–water partition coefficient (Wildman–Crippen LogP) is 4.99. The number of nitrogens with one attached hydrogen (secondary N) is 1. The first-order chi connectivity index (χ1) is 14.1. The van der Waals surface area contributed by atoms with E-state index >= 15 is 0 Å². The number of aromatic nitrogens is 4. The Morgan fingerprint density at radius 1 is 1.14 bits per heavy atom. The minimum absolute atomic E-state index is 0.126. The van der Waals surface area contributed by atoms with Crippen LogP contribution in [0.4, 0.5) is 5.95 Å². The molecule has 1 aliphatic rings. The fraction of sp³-hybridized carbons (Fsp3) is 0.304. The first-order valence-corrected chi connectivity index (χ1v) is 10.1. The molecule has 1 aromatic carbocycles. The van der Waals surface area contributed by atoms with Crippen LogP contribution in [0.2, 0.25) is 0 Å². The maximum absolute atomic E-state index is 6.02. The lowest BCUT2D eigenvalue weighted by atomic mass is 10.0. The standard InChI is InChI=1S/C23H25N5O/c1-14-13-28(20-8-3-4-11-29-20)19-10-9-16(12-17(14)19)21-22(27-23(24)26-21)18-7-5-6-15(2)25-18/h5-7,9-10,12-13,20H,3-4,8,11H2,1-2H3,(H3,24,26,27). The van der Waals surface area contributed by atoms with Crippen molar-refractivity contribution in [2.45, 2.75) is 39.3 Å². The molecule has 6 nitrogen and oxygen atoms in total. The highest BCUT2D eigenvalue weighted by molar-refractivity contribution is 5.90. The minimum atomic E-state index is 0.126. The number of imidazole rings is 1. The van der Waals surface area contributed by atoms with E-state index in [2.05, 4.69) is 50.8 Å². The number of ether oxygens (including phenoxy) is 1. The molecule has 6 heteroatoms. The van der Waals surface area contributed by atoms with Crippen LogP contribution in [-0.2, 0) is 4.74 Å². The first kappa shape index (κ1) is 17.9. The van der Waals surface area contributed by atoms with Crippen LogP contribution in [0.15, 0.2) is 42.6 Å². The van der Waals surface area contributed by atoms with E-state index in [1.807, 2.05) is 25.1 Å². The van der Waals surface area contributed by atoms with Crippen molar-refractivity contribution >= 4 is 16.9 Å². The molecule has 0 radical (unpaired) electrons. The highest BCUT2D eigenvalue weighted by Crippen LogP contribution is 2.35. The summed E-state index contributed by atoms with van der Waals surface area (Å²) in [7, 11) is 0. The van der Waals surface area contributed by atoms with Gasteiger partial charge in [-0.2, -0.15) is 0 Å². The van der Waals surface area contributed by atoms with E-state index in [9.17, 15) is 0 Å². The van der Waals surface area contributed by atoms with E-state index in [1.165, 1.54) is 22.9 Å². The quantitative estimate of drug-likeness (QED) is 0.519. The van der Waals surface area contributed by atoms with Gasteiger partial charge in [0, 0.05) is 29.4 Å². The average Bonchev–Trinajstić information content (AvgIpc) is 3.29. The normalized spacial score (nSPS) is 17.1. The number of anilines is 1. The smallest absolute Gasteiger partial charge is 0.198 e. The van der Waals surface area contributed by atoms with Gasteiger partial charge in [0.1, 0.15) is 11.9 Å². The van der Waals surface area contributed by atoms with Crippen molar-refractivity contribution in [1.29, 1.82) is 0 Å². The molecule has 0 bridgehead atoms. The van der Waals surface area contributed by atoms with Gasteiger partial charge in [-0.1, -0.05) is 12.1 Å². The fourth-order valence-corrected chi connectivity index (χ4v) is 4.22. The van der Waals surface area contributed by atoms with Crippen LogP contribution in [0.25, 0.3) is 33.5 Å². The van der Waals surface area contributed by atoms with Crippen molar-refractivity contribution in [2.75, 3.05) is 12.3 Å². The van der Waals surface area contributed by atoms with E-state index < -0.39 is 0 Å². The fourth-order valence-electron chi connectivity index (χ4n) is 4.22. The maximum Gasteiger partial charge on any atom is 0.198 e. The Morgan fingerprint density at radius 3 is 2.83 bits per heavy atom. The molecule has 4 aromatic rings. The second kappa shape index (κ2) is 7.04. The maximum atomic E-state index is 6.02. The van der Waals surface area contributed by atoms with Crippen LogP contribution in [0.3, 0.4) is 0 Å². The summed E-state index contributed by atoms with van der Waals surface area (Å²) in [6.07, 6.45) is 5.75. The third kappa shape index (κ3) is 3.19. The van der Waals surface area contributed by atoms with E-state index in [0.717, 1.165) is 47.8 Å². The van der Waals surface area contributed by atoms with Crippen molar-refractivity contribution in [1.82, 2.24) is 19.5 Å². The van der Waals surface area contributed by atoms with E-state index in [-0.39, 0.29) is 6.23 Å². The van der Waals surface area contributed by atoms with Crippen LogP contribution >= 0.6 is 0 Å². The predicted molar refractivity (Wildman–Crippen MR) is 115 cm³/mol. The van der Waals surface area contributed by atoms with Crippen LogP contribution < -0.4 is 5.73 Å². The van der Waals surface area contributed by atoms with Gasteiger partial charge >= 0.3 is 0 Å². The van der Waals surface area contributed by atoms with E-state index in [1.54, 1.807) is 0 Å². The summed E-state index contributed by atoms with van der Waals surface area (Å²) < 4.78 is 8.29. The molecule has 3 aromatic heterocycles.